The molecule has 0 unspecified atom stereocenters. The minimum absolute atomic E-state index is 0.0108. The lowest BCUT2D eigenvalue weighted by molar-refractivity contribution is 0.116. The van der Waals surface area contributed by atoms with Crippen LogP contribution in [0.1, 0.15) is 18.0 Å². The molecule has 132 valence electrons. The van der Waals surface area contributed by atoms with E-state index in [0.717, 1.165) is 0 Å². The van der Waals surface area contributed by atoms with E-state index in [4.69, 9.17) is 9.15 Å². The molecule has 0 amide bonds. The van der Waals surface area contributed by atoms with Crippen molar-refractivity contribution in [3.63, 3.8) is 0 Å². The number of nitrogens with zero attached hydrogens (tertiary/aromatic N) is 4. The molecule has 0 aliphatic heterocycles. The molecule has 4 aromatic rings. The summed E-state index contributed by atoms with van der Waals surface area (Å²) in [7, 11) is 0. The van der Waals surface area contributed by atoms with Crippen LogP contribution >= 0.6 is 0 Å². The van der Waals surface area contributed by atoms with Crippen LogP contribution in [0.25, 0.3) is 17.1 Å². The second-order valence-corrected chi connectivity index (χ2v) is 5.41. The number of hydrogen-bond donors (Lipinski definition) is 0. The molecule has 1 aromatic carbocycles. The van der Waals surface area contributed by atoms with Gasteiger partial charge in [-0.25, -0.2) is 9.37 Å². The van der Waals surface area contributed by atoms with Crippen molar-refractivity contribution in [3.8, 4) is 17.2 Å². The number of pyridine rings is 1. The van der Waals surface area contributed by atoms with Crippen molar-refractivity contribution in [2.45, 2.75) is 13.0 Å². The Morgan fingerprint density at radius 1 is 1.15 bits per heavy atom. The van der Waals surface area contributed by atoms with Crippen LogP contribution in [-0.2, 0) is 6.61 Å². The van der Waals surface area contributed by atoms with Crippen LogP contribution < -0.4 is 4.74 Å². The van der Waals surface area contributed by atoms with E-state index in [1.807, 2.05) is 0 Å². The van der Waals surface area contributed by atoms with Gasteiger partial charge in [0.1, 0.15) is 23.8 Å². The second-order valence-electron chi connectivity index (χ2n) is 5.41. The minimum Gasteiger partial charge on any atom is -0.487 e. The highest BCUT2D eigenvalue weighted by molar-refractivity contribution is 5.59. The predicted octanol–water partition coefficient (Wildman–Crippen LogP) is 4.04. The molecular formula is C17H11F3N4O2. The lowest BCUT2D eigenvalue weighted by atomic mass is 10.2. The van der Waals surface area contributed by atoms with Gasteiger partial charge < -0.3 is 13.6 Å². The molecular weight excluding hydrogens is 349 g/mol. The summed E-state index contributed by atoms with van der Waals surface area (Å²) < 4.78 is 50.4. The van der Waals surface area contributed by atoms with Gasteiger partial charge in [-0.2, -0.15) is 8.78 Å². The Bertz CT molecular complexity index is 1060. The molecule has 0 aliphatic rings. The molecule has 0 atom stereocenters. The molecule has 9 heteroatoms. The molecule has 4 rings (SSSR count). The van der Waals surface area contributed by atoms with Gasteiger partial charge in [0.25, 0.3) is 5.89 Å². The first-order valence-corrected chi connectivity index (χ1v) is 7.56. The molecule has 0 spiro atoms. The summed E-state index contributed by atoms with van der Waals surface area (Å²) in [5.74, 6) is -0.728. The van der Waals surface area contributed by atoms with Gasteiger partial charge in [-0.3, -0.25) is 0 Å². The SMILES string of the molecule is Fc1cccc(OCc2cn3ccc(-c4nnc(C(F)F)o4)cc3n2)c1. The molecule has 0 radical (unpaired) electrons. The molecule has 0 saturated heterocycles. The van der Waals surface area contributed by atoms with Crippen LogP contribution in [0, 0.1) is 5.82 Å². The lowest BCUT2D eigenvalue weighted by Crippen LogP contribution is -1.95. The number of ether oxygens (including phenoxy) is 1. The topological polar surface area (TPSA) is 65.5 Å². The predicted molar refractivity (Wildman–Crippen MR) is 84.2 cm³/mol. The Hall–Kier alpha value is -3.36. The fraction of sp³-hybridized carbons (Fsp3) is 0.118. The Kier molecular flexibility index (Phi) is 4.04. The van der Waals surface area contributed by atoms with Crippen molar-refractivity contribution >= 4 is 5.65 Å². The maximum absolute atomic E-state index is 13.2. The summed E-state index contributed by atoms with van der Waals surface area (Å²) in [6.07, 6.45) is 0.616. The monoisotopic (exact) mass is 360 g/mol. The molecule has 0 aliphatic carbocycles. The Balaban J connectivity index is 1.55. The zero-order valence-corrected chi connectivity index (χ0v) is 13.1. The molecule has 6 nitrogen and oxygen atoms in total. The van der Waals surface area contributed by atoms with Gasteiger partial charge in [-0.05, 0) is 24.3 Å². The number of halogens is 3. The highest BCUT2D eigenvalue weighted by Crippen LogP contribution is 2.24. The zero-order chi connectivity index (χ0) is 18.1. The number of rotatable bonds is 5. The maximum atomic E-state index is 13.2. The summed E-state index contributed by atoms with van der Waals surface area (Å²) in [6.45, 7) is 0.149. The number of alkyl halides is 2. The van der Waals surface area contributed by atoms with Gasteiger partial charge in [0.15, 0.2) is 0 Å². The van der Waals surface area contributed by atoms with E-state index in [1.54, 1.807) is 41.1 Å². The second kappa shape index (κ2) is 6.51. The van der Waals surface area contributed by atoms with Gasteiger partial charge in [0.2, 0.25) is 5.89 Å². The Morgan fingerprint density at radius 3 is 2.81 bits per heavy atom. The average Bonchev–Trinajstić information content (AvgIpc) is 3.26. The van der Waals surface area contributed by atoms with Crippen molar-refractivity contribution in [2.24, 2.45) is 0 Å². The van der Waals surface area contributed by atoms with Crippen LogP contribution in [0.5, 0.6) is 5.75 Å². The van der Waals surface area contributed by atoms with Crippen LogP contribution in [-0.4, -0.2) is 19.6 Å². The van der Waals surface area contributed by atoms with Crippen molar-refractivity contribution in [2.75, 3.05) is 0 Å². The van der Waals surface area contributed by atoms with E-state index < -0.39 is 12.3 Å². The van der Waals surface area contributed by atoms with Crippen molar-refractivity contribution in [1.29, 1.82) is 0 Å². The first kappa shape index (κ1) is 16.1. The third-order valence-electron chi connectivity index (χ3n) is 3.57. The van der Waals surface area contributed by atoms with Crippen molar-refractivity contribution in [3.05, 3.63) is 66.2 Å². The number of benzene rings is 1. The quantitative estimate of drug-likeness (QED) is 0.537. The van der Waals surface area contributed by atoms with Gasteiger partial charge in [-0.1, -0.05) is 6.07 Å². The average molecular weight is 360 g/mol. The van der Waals surface area contributed by atoms with E-state index in [0.29, 0.717) is 22.7 Å². The normalized spacial score (nSPS) is 11.4. The molecule has 3 aromatic heterocycles. The number of fused-ring (bicyclic) bond motifs is 1. The zero-order valence-electron chi connectivity index (χ0n) is 13.1. The largest absolute Gasteiger partial charge is 0.487 e. The molecule has 0 N–H and O–H groups in total. The lowest BCUT2D eigenvalue weighted by Gasteiger charge is -2.03. The summed E-state index contributed by atoms with van der Waals surface area (Å²) in [6, 6.07) is 9.09. The van der Waals surface area contributed by atoms with E-state index in [9.17, 15) is 13.2 Å². The molecule has 0 saturated carbocycles. The summed E-state index contributed by atoms with van der Waals surface area (Å²) >= 11 is 0. The van der Waals surface area contributed by atoms with Gasteiger partial charge >= 0.3 is 6.43 Å². The van der Waals surface area contributed by atoms with Crippen LogP contribution in [0.4, 0.5) is 13.2 Å². The van der Waals surface area contributed by atoms with Crippen LogP contribution in [0.2, 0.25) is 0 Å². The molecule has 26 heavy (non-hydrogen) atoms. The van der Waals surface area contributed by atoms with Crippen LogP contribution in [0.3, 0.4) is 0 Å². The van der Waals surface area contributed by atoms with Crippen molar-refractivity contribution < 1.29 is 22.3 Å². The smallest absolute Gasteiger partial charge is 0.314 e. The first-order chi connectivity index (χ1) is 12.6. The summed E-state index contributed by atoms with van der Waals surface area (Å²) in [4.78, 5) is 4.38. The fourth-order valence-electron chi connectivity index (χ4n) is 2.39. The summed E-state index contributed by atoms with van der Waals surface area (Å²) in [5.41, 5.74) is 1.64. The van der Waals surface area contributed by atoms with E-state index in [-0.39, 0.29) is 18.3 Å². The first-order valence-electron chi connectivity index (χ1n) is 7.56. The fourth-order valence-corrected chi connectivity index (χ4v) is 2.39. The van der Waals surface area contributed by atoms with E-state index in [2.05, 4.69) is 15.2 Å². The van der Waals surface area contributed by atoms with Crippen molar-refractivity contribution in [1.82, 2.24) is 19.6 Å². The Morgan fingerprint density at radius 2 is 2.04 bits per heavy atom. The maximum Gasteiger partial charge on any atom is 0.314 e. The van der Waals surface area contributed by atoms with E-state index in [1.165, 1.54) is 12.1 Å². The molecule has 0 fully saturated rings. The minimum atomic E-state index is -2.82. The third-order valence-corrected chi connectivity index (χ3v) is 3.57. The molecule has 3 heterocycles. The Labute approximate surface area is 144 Å². The van der Waals surface area contributed by atoms with E-state index >= 15 is 0 Å². The molecule has 0 bridgehead atoms. The van der Waals surface area contributed by atoms with Crippen LogP contribution in [0.15, 0.2) is 53.2 Å². The number of hydrogen-bond acceptors (Lipinski definition) is 5. The highest BCUT2D eigenvalue weighted by Gasteiger charge is 2.17. The van der Waals surface area contributed by atoms with Gasteiger partial charge in [-0.15, -0.1) is 10.2 Å². The summed E-state index contributed by atoms with van der Waals surface area (Å²) in [5, 5.41) is 6.91. The third kappa shape index (κ3) is 3.23. The standard InChI is InChI=1S/C17H11F3N4O2/c18-11-2-1-3-13(7-11)25-9-12-8-24-5-4-10(6-14(24)21-12)16-22-23-17(26-16)15(19)20/h1-8,15H,9H2. The highest BCUT2D eigenvalue weighted by atomic mass is 19.3. The van der Waals surface area contributed by atoms with Gasteiger partial charge in [0.05, 0.1) is 5.69 Å². The number of aromatic nitrogens is 4. The number of imidazole rings is 1. The van der Waals surface area contributed by atoms with Gasteiger partial charge in [0, 0.05) is 24.0 Å².